The van der Waals surface area contributed by atoms with Crippen molar-refractivity contribution >= 4 is 34.6 Å². The van der Waals surface area contributed by atoms with Gasteiger partial charge in [-0.15, -0.1) is 0 Å². The van der Waals surface area contributed by atoms with Crippen LogP contribution in [0.4, 0.5) is 23.2 Å². The topological polar surface area (TPSA) is 32.7 Å². The van der Waals surface area contributed by atoms with Gasteiger partial charge in [-0.2, -0.15) is 13.2 Å². The molecule has 3 aromatic carbocycles. The maximum atomic E-state index is 13.4. The average molecular weight is 456 g/mol. The van der Waals surface area contributed by atoms with Gasteiger partial charge in [0.15, 0.2) is 5.17 Å². The van der Waals surface area contributed by atoms with Crippen LogP contribution in [0.5, 0.6) is 0 Å². The number of carbonyl (C=O) groups is 1. The van der Waals surface area contributed by atoms with Crippen LogP contribution in [0.3, 0.4) is 0 Å². The first-order valence-corrected chi connectivity index (χ1v) is 10.5. The van der Waals surface area contributed by atoms with E-state index < -0.39 is 23.5 Å². The first kappa shape index (κ1) is 21.8. The average Bonchev–Trinajstić information content (AvgIpc) is 3.08. The third-order valence-corrected chi connectivity index (χ3v) is 5.65. The normalized spacial score (nSPS) is 15.4. The van der Waals surface area contributed by atoms with Crippen LogP contribution in [0.15, 0.2) is 89.6 Å². The fourth-order valence-electron chi connectivity index (χ4n) is 3.10. The van der Waals surface area contributed by atoms with Gasteiger partial charge in [0.05, 0.1) is 11.3 Å². The third kappa shape index (κ3) is 4.91. The molecule has 1 aliphatic heterocycles. The van der Waals surface area contributed by atoms with Gasteiger partial charge in [-0.05, 0) is 47.5 Å². The number of anilines is 1. The number of thioether (sulfide) groups is 1. The van der Waals surface area contributed by atoms with E-state index in [2.05, 4.69) is 4.99 Å². The Hall–Kier alpha value is -3.39. The van der Waals surface area contributed by atoms with Crippen LogP contribution in [0.2, 0.25) is 0 Å². The highest BCUT2D eigenvalue weighted by atomic mass is 32.2. The molecule has 8 heteroatoms. The number of benzene rings is 3. The largest absolute Gasteiger partial charge is 0.416 e. The van der Waals surface area contributed by atoms with Crippen molar-refractivity contribution in [2.45, 2.75) is 11.9 Å². The molecular weight excluding hydrogens is 440 g/mol. The molecule has 0 N–H and O–H groups in total. The van der Waals surface area contributed by atoms with Crippen molar-refractivity contribution in [1.82, 2.24) is 0 Å². The van der Waals surface area contributed by atoms with Gasteiger partial charge >= 0.3 is 6.18 Å². The molecule has 1 heterocycles. The minimum atomic E-state index is -4.44. The summed E-state index contributed by atoms with van der Waals surface area (Å²) in [5.41, 5.74) is 1.10. The monoisotopic (exact) mass is 456 g/mol. The minimum Gasteiger partial charge on any atom is -0.266 e. The van der Waals surface area contributed by atoms with Crippen molar-refractivity contribution in [3.63, 3.8) is 0 Å². The molecule has 1 aliphatic rings. The Morgan fingerprint density at radius 2 is 1.66 bits per heavy atom. The number of aliphatic imine (C=N–C) groups is 1. The van der Waals surface area contributed by atoms with E-state index in [1.54, 1.807) is 12.1 Å². The number of hydrogen-bond donors (Lipinski definition) is 0. The number of amides is 1. The lowest BCUT2D eigenvalue weighted by atomic mass is 10.1. The van der Waals surface area contributed by atoms with Crippen molar-refractivity contribution < 1.29 is 22.4 Å². The number of hydrogen-bond acceptors (Lipinski definition) is 3. The molecule has 0 saturated carbocycles. The van der Waals surface area contributed by atoms with Crippen molar-refractivity contribution in [3.05, 3.63) is 107 Å². The molecule has 0 unspecified atom stereocenters. The molecule has 0 radical (unpaired) electrons. The molecule has 4 rings (SSSR count). The van der Waals surface area contributed by atoms with Crippen LogP contribution < -0.4 is 4.90 Å². The lowest BCUT2D eigenvalue weighted by Gasteiger charge is -2.18. The summed E-state index contributed by atoms with van der Waals surface area (Å²) >= 11 is 1.13. The van der Waals surface area contributed by atoms with E-state index in [1.807, 2.05) is 30.3 Å². The number of carbonyl (C=O) groups excluding carboxylic acids is 1. The summed E-state index contributed by atoms with van der Waals surface area (Å²) in [5.74, 6) is -0.672. The Labute approximate surface area is 186 Å². The van der Waals surface area contributed by atoms with Crippen molar-refractivity contribution in [3.8, 4) is 0 Å². The Kier molecular flexibility index (Phi) is 6.14. The van der Waals surface area contributed by atoms with Gasteiger partial charge in [0, 0.05) is 5.75 Å². The molecule has 0 fully saturated rings. The molecule has 0 bridgehead atoms. The summed E-state index contributed by atoms with van der Waals surface area (Å²) in [4.78, 5) is 18.9. The highest BCUT2D eigenvalue weighted by Gasteiger charge is 2.33. The molecule has 32 heavy (non-hydrogen) atoms. The summed E-state index contributed by atoms with van der Waals surface area (Å²) in [6.07, 6.45) is -2.80. The van der Waals surface area contributed by atoms with Crippen LogP contribution in [-0.2, 0) is 16.7 Å². The van der Waals surface area contributed by atoms with Crippen LogP contribution in [0.25, 0.3) is 6.08 Å². The highest BCUT2D eigenvalue weighted by Crippen LogP contribution is 2.33. The summed E-state index contributed by atoms with van der Waals surface area (Å²) in [6.45, 7) is 0. The van der Waals surface area contributed by atoms with Gasteiger partial charge in [-0.25, -0.2) is 9.38 Å². The summed E-state index contributed by atoms with van der Waals surface area (Å²) < 4.78 is 52.4. The standard InChI is InChI=1S/C24H16F4N2OS/c25-19-9-11-20(12-10-19)30-22(31)21(14-16-5-2-1-3-6-16)29-23(30)32-15-17-7-4-8-18(13-17)24(26,27)28/h1-14H,15H2. The van der Waals surface area contributed by atoms with Gasteiger partial charge < -0.3 is 0 Å². The van der Waals surface area contributed by atoms with Crippen molar-refractivity contribution in [2.75, 3.05) is 4.90 Å². The predicted octanol–water partition coefficient (Wildman–Crippen LogP) is 6.52. The summed E-state index contributed by atoms with van der Waals surface area (Å²) in [6, 6.07) is 19.6. The molecule has 3 nitrogen and oxygen atoms in total. The maximum absolute atomic E-state index is 13.4. The first-order valence-electron chi connectivity index (χ1n) is 9.56. The lowest BCUT2D eigenvalue weighted by molar-refractivity contribution is -0.137. The summed E-state index contributed by atoms with van der Waals surface area (Å²) in [7, 11) is 0. The van der Waals surface area contributed by atoms with Crippen LogP contribution in [0, 0.1) is 5.82 Å². The van der Waals surface area contributed by atoms with E-state index in [0.29, 0.717) is 16.4 Å². The molecule has 0 saturated heterocycles. The van der Waals surface area contributed by atoms with E-state index in [4.69, 9.17) is 0 Å². The zero-order valence-corrected chi connectivity index (χ0v) is 17.3. The van der Waals surface area contributed by atoms with E-state index in [1.165, 1.54) is 35.2 Å². The molecule has 1 amide bonds. The second-order valence-corrected chi connectivity index (χ2v) is 7.88. The third-order valence-electron chi connectivity index (χ3n) is 4.64. The second kappa shape index (κ2) is 9.00. The van der Waals surface area contributed by atoms with E-state index in [0.717, 1.165) is 29.5 Å². The number of alkyl halides is 3. The van der Waals surface area contributed by atoms with Crippen LogP contribution in [0.1, 0.15) is 16.7 Å². The molecule has 0 aliphatic carbocycles. The van der Waals surface area contributed by atoms with Crippen molar-refractivity contribution in [2.24, 2.45) is 4.99 Å². The number of halogens is 4. The maximum Gasteiger partial charge on any atom is 0.416 e. The first-order chi connectivity index (χ1) is 15.3. The number of amidine groups is 1. The molecule has 162 valence electrons. The summed E-state index contributed by atoms with van der Waals surface area (Å²) in [5, 5.41) is 0.307. The van der Waals surface area contributed by atoms with Crippen LogP contribution in [-0.4, -0.2) is 11.1 Å². The predicted molar refractivity (Wildman–Crippen MR) is 118 cm³/mol. The van der Waals surface area contributed by atoms with Crippen LogP contribution >= 0.6 is 11.8 Å². The highest BCUT2D eigenvalue weighted by molar-refractivity contribution is 8.13. The second-order valence-electron chi connectivity index (χ2n) is 6.94. The lowest BCUT2D eigenvalue weighted by Crippen LogP contribution is -2.30. The SMILES string of the molecule is O=C1C(=Cc2ccccc2)N=C(SCc2cccc(C(F)(F)F)c2)N1c1ccc(F)cc1. The number of nitrogens with zero attached hydrogens (tertiary/aromatic N) is 2. The zero-order valence-electron chi connectivity index (χ0n) is 16.5. The molecular formula is C24H16F4N2OS. The Bertz CT molecular complexity index is 1190. The number of rotatable bonds is 4. The quantitative estimate of drug-likeness (QED) is 0.331. The van der Waals surface area contributed by atoms with Gasteiger partial charge in [-0.1, -0.05) is 60.3 Å². The smallest absolute Gasteiger partial charge is 0.266 e. The van der Waals surface area contributed by atoms with Crippen molar-refractivity contribution in [1.29, 1.82) is 0 Å². The fraction of sp³-hybridized carbons (Fsp3) is 0.0833. The van der Waals surface area contributed by atoms with Gasteiger partial charge in [0.25, 0.3) is 5.91 Å². The Balaban J connectivity index is 1.64. The van der Waals surface area contributed by atoms with Gasteiger partial charge in [-0.3, -0.25) is 9.69 Å². The minimum absolute atomic E-state index is 0.173. The van der Waals surface area contributed by atoms with E-state index in [9.17, 15) is 22.4 Å². The van der Waals surface area contributed by atoms with Gasteiger partial charge in [0.1, 0.15) is 11.5 Å². The molecule has 3 aromatic rings. The Morgan fingerprint density at radius 3 is 2.34 bits per heavy atom. The van der Waals surface area contributed by atoms with E-state index in [-0.39, 0.29) is 11.4 Å². The Morgan fingerprint density at radius 1 is 0.938 bits per heavy atom. The molecule has 0 atom stereocenters. The molecule has 0 spiro atoms. The van der Waals surface area contributed by atoms with E-state index >= 15 is 0 Å². The zero-order chi connectivity index (χ0) is 22.7. The fourth-order valence-corrected chi connectivity index (χ4v) is 4.06. The molecule has 0 aromatic heterocycles. The van der Waals surface area contributed by atoms with Gasteiger partial charge in [0.2, 0.25) is 0 Å².